The van der Waals surface area contributed by atoms with Gasteiger partial charge in [-0.05, 0) is 77.2 Å². The molecule has 0 saturated heterocycles. The lowest BCUT2D eigenvalue weighted by Crippen LogP contribution is -2.02. The van der Waals surface area contributed by atoms with Crippen molar-refractivity contribution in [2.24, 2.45) is 4.99 Å². The summed E-state index contributed by atoms with van der Waals surface area (Å²) in [6, 6.07) is 60.6. The molecule has 5 heteroatoms. The van der Waals surface area contributed by atoms with E-state index in [1.165, 1.54) is 10.3 Å². The Hall–Kier alpha value is -7.47. The Morgan fingerprint density at radius 1 is 0.617 bits per heavy atom. The highest BCUT2D eigenvalue weighted by molar-refractivity contribution is 7.26. The molecule has 0 bridgehead atoms. The van der Waals surface area contributed by atoms with Crippen LogP contribution < -0.4 is 0 Å². The Labute approximate surface area is 352 Å². The summed E-state index contributed by atoms with van der Waals surface area (Å²) in [7, 11) is 0. The molecule has 60 heavy (non-hydrogen) atoms. The van der Waals surface area contributed by atoms with Crippen LogP contribution in [0.2, 0.25) is 0 Å². The third-order valence-corrected chi connectivity index (χ3v) is 12.1. The molecule has 0 aliphatic carbocycles. The predicted molar refractivity (Wildman–Crippen MR) is 254 cm³/mol. The van der Waals surface area contributed by atoms with Crippen LogP contribution in [-0.2, 0) is 0 Å². The summed E-state index contributed by atoms with van der Waals surface area (Å²) in [6.45, 7) is 6.36. The number of benzene rings is 7. The molecule has 0 amide bonds. The molecule has 0 fully saturated rings. The summed E-state index contributed by atoms with van der Waals surface area (Å²) in [5.74, 6) is 0.715. The van der Waals surface area contributed by atoms with E-state index >= 15 is 0 Å². The normalized spacial score (nSPS) is 12.9. The maximum absolute atomic E-state index is 6.18. The summed E-state index contributed by atoms with van der Waals surface area (Å²) in [4.78, 5) is 15.7. The minimum atomic E-state index is -0.265. The SMILES string of the molecule is C=CC(N=C(/C=C/C=C(/C)c1ccc(-c2nc(-c3ccccc3)c3sc4ccccc4c3n2)cc1)c1ccc2oc3ccccc3c2c1)c1cccc(-c2ccccc2)c1. The van der Waals surface area contributed by atoms with Gasteiger partial charge in [-0.15, -0.1) is 17.9 Å². The zero-order chi connectivity index (χ0) is 40.4. The van der Waals surface area contributed by atoms with Crippen molar-refractivity contribution in [2.75, 3.05) is 0 Å². The Bertz CT molecular complexity index is 3280. The van der Waals surface area contributed by atoms with Crippen LogP contribution in [0.1, 0.15) is 29.7 Å². The molecule has 0 aliphatic rings. The Balaban J connectivity index is 0.993. The van der Waals surface area contributed by atoms with E-state index in [-0.39, 0.29) is 6.04 Å². The molecule has 7 aromatic carbocycles. The number of allylic oxidation sites excluding steroid dienone is 4. The van der Waals surface area contributed by atoms with Crippen molar-refractivity contribution in [1.29, 1.82) is 0 Å². The fraction of sp³-hybridized carbons (Fsp3) is 0.0364. The predicted octanol–water partition coefficient (Wildman–Crippen LogP) is 15.1. The number of hydrogen-bond acceptors (Lipinski definition) is 5. The number of rotatable bonds is 10. The van der Waals surface area contributed by atoms with Crippen LogP contribution in [0.5, 0.6) is 0 Å². The number of thiophene rings is 1. The second-order valence-electron chi connectivity index (χ2n) is 14.8. The summed E-state index contributed by atoms with van der Waals surface area (Å²) >= 11 is 1.75. The van der Waals surface area contributed by atoms with Crippen molar-refractivity contribution in [1.82, 2.24) is 9.97 Å². The minimum Gasteiger partial charge on any atom is -0.456 e. The van der Waals surface area contributed by atoms with Gasteiger partial charge in [0.1, 0.15) is 11.2 Å². The molecule has 3 heterocycles. The van der Waals surface area contributed by atoms with Gasteiger partial charge in [-0.1, -0.05) is 158 Å². The maximum Gasteiger partial charge on any atom is 0.160 e. The third-order valence-electron chi connectivity index (χ3n) is 11.0. The summed E-state index contributed by atoms with van der Waals surface area (Å²) in [5, 5.41) is 3.29. The summed E-state index contributed by atoms with van der Waals surface area (Å²) in [6.07, 6.45) is 8.24. The lowest BCUT2D eigenvalue weighted by Gasteiger charge is -2.13. The van der Waals surface area contributed by atoms with Crippen LogP contribution in [0.15, 0.2) is 216 Å². The van der Waals surface area contributed by atoms with Crippen LogP contribution in [-0.4, -0.2) is 15.7 Å². The molecular formula is C55H39N3OS. The van der Waals surface area contributed by atoms with Gasteiger partial charge in [0.05, 0.1) is 27.7 Å². The summed E-state index contributed by atoms with van der Waals surface area (Å²) < 4.78 is 8.49. The van der Waals surface area contributed by atoms with Crippen LogP contribution in [0.25, 0.3) is 81.6 Å². The topological polar surface area (TPSA) is 51.3 Å². The van der Waals surface area contributed by atoms with E-state index in [1.807, 2.05) is 42.5 Å². The fourth-order valence-electron chi connectivity index (χ4n) is 7.82. The number of furan rings is 1. The van der Waals surface area contributed by atoms with E-state index in [4.69, 9.17) is 19.4 Å². The Kier molecular flexibility index (Phi) is 9.86. The maximum atomic E-state index is 6.18. The smallest absolute Gasteiger partial charge is 0.160 e. The van der Waals surface area contributed by atoms with E-state index in [1.54, 1.807) is 11.3 Å². The molecule has 286 valence electrons. The highest BCUT2D eigenvalue weighted by atomic mass is 32.1. The molecular weight excluding hydrogens is 751 g/mol. The van der Waals surface area contributed by atoms with Crippen molar-refractivity contribution >= 4 is 64.9 Å². The molecule has 0 N–H and O–H groups in total. The average Bonchev–Trinajstić information content (AvgIpc) is 3.88. The van der Waals surface area contributed by atoms with Crippen LogP contribution in [0.4, 0.5) is 0 Å². The van der Waals surface area contributed by atoms with Crippen LogP contribution in [0, 0.1) is 0 Å². The fourth-order valence-corrected chi connectivity index (χ4v) is 8.97. The quantitative estimate of drug-likeness (QED) is 0.0788. The lowest BCUT2D eigenvalue weighted by atomic mass is 9.99. The highest BCUT2D eigenvalue weighted by Gasteiger charge is 2.17. The first-order valence-corrected chi connectivity index (χ1v) is 20.9. The van der Waals surface area contributed by atoms with E-state index in [9.17, 15) is 0 Å². The van der Waals surface area contributed by atoms with Gasteiger partial charge >= 0.3 is 0 Å². The van der Waals surface area contributed by atoms with Gasteiger partial charge in [-0.25, -0.2) is 9.97 Å². The van der Waals surface area contributed by atoms with Crippen molar-refractivity contribution in [3.63, 3.8) is 0 Å². The van der Waals surface area contributed by atoms with Gasteiger partial charge in [0.15, 0.2) is 5.82 Å². The van der Waals surface area contributed by atoms with Crippen molar-refractivity contribution < 1.29 is 4.42 Å². The molecule has 0 radical (unpaired) electrons. The van der Waals surface area contributed by atoms with Crippen molar-refractivity contribution in [2.45, 2.75) is 13.0 Å². The molecule has 1 unspecified atom stereocenters. The first-order valence-electron chi connectivity index (χ1n) is 20.1. The number of para-hydroxylation sites is 1. The Morgan fingerprint density at radius 2 is 1.30 bits per heavy atom. The van der Waals surface area contributed by atoms with Crippen molar-refractivity contribution in [3.8, 4) is 33.8 Å². The van der Waals surface area contributed by atoms with Gasteiger partial charge in [0.2, 0.25) is 0 Å². The molecule has 0 aliphatic heterocycles. The number of fused-ring (bicyclic) bond motifs is 6. The van der Waals surface area contributed by atoms with Gasteiger partial charge in [-0.2, -0.15) is 0 Å². The van der Waals surface area contributed by atoms with Crippen molar-refractivity contribution in [3.05, 3.63) is 223 Å². The minimum absolute atomic E-state index is 0.265. The Morgan fingerprint density at radius 3 is 2.10 bits per heavy atom. The van der Waals surface area contributed by atoms with Gasteiger partial charge in [-0.3, -0.25) is 4.99 Å². The molecule has 3 aromatic heterocycles. The number of nitrogens with zero attached hydrogens (tertiary/aromatic N) is 3. The number of aliphatic imine (C=N–C) groups is 1. The van der Waals surface area contributed by atoms with E-state index in [0.29, 0.717) is 5.82 Å². The number of hydrogen-bond donors (Lipinski definition) is 0. The van der Waals surface area contributed by atoms with Crippen LogP contribution >= 0.6 is 11.3 Å². The van der Waals surface area contributed by atoms with E-state index in [2.05, 4.69) is 171 Å². The standard InChI is InChI=1S/C55H39N3OS/c1-3-47(42-22-15-21-41(34-42)38-17-6-4-7-18-38)56-48(43-32-33-50-46(35-43)44-23-10-12-26-49(44)59-50)25-14-16-36(2)37-28-30-40(31-29-37)55-57-52(39-19-8-5-9-20-39)54-53(58-55)45-24-11-13-27-51(45)60-54/h3-35,47H,1H2,2H3/b25-14+,36-16-,56-48?. The zero-order valence-corrected chi connectivity index (χ0v) is 33.8. The van der Waals surface area contributed by atoms with E-state index < -0.39 is 0 Å². The van der Waals surface area contributed by atoms with Gasteiger partial charge in [0.25, 0.3) is 0 Å². The zero-order valence-electron chi connectivity index (χ0n) is 33.0. The average molecular weight is 790 g/mol. The second-order valence-corrected chi connectivity index (χ2v) is 15.9. The summed E-state index contributed by atoms with van der Waals surface area (Å²) in [5.41, 5.74) is 13.2. The van der Waals surface area contributed by atoms with Crippen LogP contribution in [0.3, 0.4) is 0 Å². The van der Waals surface area contributed by atoms with E-state index in [0.717, 1.165) is 87.9 Å². The van der Waals surface area contributed by atoms with Gasteiger partial charge < -0.3 is 4.42 Å². The monoisotopic (exact) mass is 789 g/mol. The third kappa shape index (κ3) is 7.17. The number of aromatic nitrogens is 2. The molecule has 1 atom stereocenters. The first kappa shape index (κ1) is 36.8. The molecule has 10 aromatic rings. The second kappa shape index (κ2) is 16.1. The molecule has 4 nitrogen and oxygen atoms in total. The first-order chi connectivity index (χ1) is 29.6. The largest absolute Gasteiger partial charge is 0.456 e. The lowest BCUT2D eigenvalue weighted by molar-refractivity contribution is 0.669. The molecule has 0 spiro atoms. The van der Waals surface area contributed by atoms with Gasteiger partial charge in [0, 0.05) is 37.5 Å². The highest BCUT2D eigenvalue weighted by Crippen LogP contribution is 2.39. The molecule has 10 rings (SSSR count). The molecule has 0 saturated carbocycles.